The maximum absolute atomic E-state index is 7.56. The van der Waals surface area contributed by atoms with E-state index in [0.717, 1.165) is 30.8 Å². The van der Waals surface area contributed by atoms with Crippen molar-refractivity contribution in [3.8, 4) is 0 Å². The fourth-order valence-electron chi connectivity index (χ4n) is 2.55. The van der Waals surface area contributed by atoms with Gasteiger partial charge in [-0.05, 0) is 37.5 Å². The zero-order valence-electron chi connectivity index (χ0n) is 11.4. The number of fused-ring (bicyclic) bond motifs is 1. The van der Waals surface area contributed by atoms with Crippen LogP contribution in [0.2, 0.25) is 0 Å². The molecule has 102 valence electrons. The summed E-state index contributed by atoms with van der Waals surface area (Å²) >= 11 is 0. The van der Waals surface area contributed by atoms with Gasteiger partial charge >= 0.3 is 0 Å². The first-order valence-electron chi connectivity index (χ1n) is 6.70. The number of aryl methyl sites for hydroxylation is 2. The fourth-order valence-corrected chi connectivity index (χ4v) is 2.55. The molecule has 0 unspecified atom stereocenters. The monoisotopic (exact) mass is 267 g/mol. The van der Waals surface area contributed by atoms with Crippen LogP contribution in [0.1, 0.15) is 23.4 Å². The zero-order chi connectivity index (χ0) is 14.1. The smallest absolute Gasteiger partial charge is 0.230 e. The molecule has 3 rings (SSSR count). The van der Waals surface area contributed by atoms with Crippen molar-refractivity contribution in [2.45, 2.75) is 19.8 Å². The number of rotatable bonds is 2. The fraction of sp³-hybridized carbons (Fsp3) is 0.267. The minimum absolute atomic E-state index is 0.0259. The molecule has 0 spiro atoms. The van der Waals surface area contributed by atoms with E-state index in [1.54, 1.807) is 6.07 Å². The van der Waals surface area contributed by atoms with Crippen molar-refractivity contribution in [1.29, 1.82) is 5.41 Å². The molecule has 0 amide bonds. The number of benzene rings is 1. The second kappa shape index (κ2) is 4.92. The van der Waals surface area contributed by atoms with E-state index < -0.39 is 0 Å². The minimum atomic E-state index is -0.0259. The molecule has 0 fully saturated rings. The SMILES string of the molecule is Cc1cc(C(=N)N)nc(N2CCCc3ccccc32)n1. The largest absolute Gasteiger partial charge is 0.382 e. The summed E-state index contributed by atoms with van der Waals surface area (Å²) in [4.78, 5) is 11.0. The molecular weight excluding hydrogens is 250 g/mol. The number of hydrogen-bond acceptors (Lipinski definition) is 4. The van der Waals surface area contributed by atoms with E-state index in [0.29, 0.717) is 11.6 Å². The molecule has 0 radical (unpaired) electrons. The topological polar surface area (TPSA) is 78.9 Å². The van der Waals surface area contributed by atoms with Crippen molar-refractivity contribution < 1.29 is 0 Å². The summed E-state index contributed by atoms with van der Waals surface area (Å²) < 4.78 is 0. The average molecular weight is 267 g/mol. The Hall–Kier alpha value is -2.43. The first kappa shape index (κ1) is 12.6. The number of anilines is 2. The molecule has 2 heterocycles. The second-order valence-electron chi connectivity index (χ2n) is 4.99. The van der Waals surface area contributed by atoms with Gasteiger partial charge in [0.05, 0.1) is 0 Å². The molecule has 20 heavy (non-hydrogen) atoms. The first-order valence-corrected chi connectivity index (χ1v) is 6.70. The van der Waals surface area contributed by atoms with Crippen LogP contribution in [0, 0.1) is 12.3 Å². The molecule has 1 aliphatic heterocycles. The van der Waals surface area contributed by atoms with Gasteiger partial charge in [-0.1, -0.05) is 18.2 Å². The summed E-state index contributed by atoms with van der Waals surface area (Å²) in [6.07, 6.45) is 2.15. The van der Waals surface area contributed by atoms with Crippen LogP contribution in [0.3, 0.4) is 0 Å². The van der Waals surface area contributed by atoms with Crippen LogP contribution < -0.4 is 10.6 Å². The molecule has 0 bridgehead atoms. The van der Waals surface area contributed by atoms with Crippen LogP contribution >= 0.6 is 0 Å². The summed E-state index contributed by atoms with van der Waals surface area (Å²) in [7, 11) is 0. The molecule has 0 saturated heterocycles. The zero-order valence-corrected chi connectivity index (χ0v) is 11.4. The first-order chi connectivity index (χ1) is 9.65. The van der Waals surface area contributed by atoms with E-state index in [1.165, 1.54) is 5.56 Å². The van der Waals surface area contributed by atoms with Crippen molar-refractivity contribution in [3.05, 3.63) is 47.3 Å². The summed E-state index contributed by atoms with van der Waals surface area (Å²) in [5.74, 6) is 0.601. The molecule has 5 nitrogen and oxygen atoms in total. The molecule has 0 aliphatic carbocycles. The predicted octanol–water partition coefficient (Wildman–Crippen LogP) is 2.15. The lowest BCUT2D eigenvalue weighted by atomic mass is 10.0. The van der Waals surface area contributed by atoms with Gasteiger partial charge < -0.3 is 10.6 Å². The lowest BCUT2D eigenvalue weighted by molar-refractivity contribution is 0.748. The van der Waals surface area contributed by atoms with Gasteiger partial charge in [0.15, 0.2) is 0 Å². The average Bonchev–Trinajstić information content (AvgIpc) is 2.46. The quantitative estimate of drug-likeness (QED) is 0.645. The van der Waals surface area contributed by atoms with E-state index in [-0.39, 0.29) is 5.84 Å². The molecule has 1 aromatic heterocycles. The Kier molecular flexibility index (Phi) is 3.10. The van der Waals surface area contributed by atoms with Crippen molar-refractivity contribution >= 4 is 17.5 Å². The van der Waals surface area contributed by atoms with E-state index >= 15 is 0 Å². The highest BCUT2D eigenvalue weighted by Gasteiger charge is 2.20. The third-order valence-electron chi connectivity index (χ3n) is 3.47. The van der Waals surface area contributed by atoms with Gasteiger partial charge in [0, 0.05) is 17.9 Å². The van der Waals surface area contributed by atoms with Crippen LogP contribution in [0.25, 0.3) is 0 Å². The van der Waals surface area contributed by atoms with E-state index in [9.17, 15) is 0 Å². The Morgan fingerprint density at radius 2 is 2.10 bits per heavy atom. The summed E-state index contributed by atoms with van der Waals surface area (Å²) in [5.41, 5.74) is 9.32. The van der Waals surface area contributed by atoms with Gasteiger partial charge in [0.25, 0.3) is 0 Å². The maximum atomic E-state index is 7.56. The van der Waals surface area contributed by atoms with Crippen LogP contribution in [0.4, 0.5) is 11.6 Å². The molecule has 0 saturated carbocycles. The third kappa shape index (κ3) is 2.22. The van der Waals surface area contributed by atoms with Gasteiger partial charge in [0.1, 0.15) is 11.5 Å². The van der Waals surface area contributed by atoms with Gasteiger partial charge in [-0.15, -0.1) is 0 Å². The van der Waals surface area contributed by atoms with Gasteiger partial charge in [0.2, 0.25) is 5.95 Å². The molecular formula is C15H17N5. The number of nitrogens with zero attached hydrogens (tertiary/aromatic N) is 3. The highest BCUT2D eigenvalue weighted by Crippen LogP contribution is 2.31. The Labute approximate surface area is 118 Å². The van der Waals surface area contributed by atoms with Crippen molar-refractivity contribution in [1.82, 2.24) is 9.97 Å². The minimum Gasteiger partial charge on any atom is -0.382 e. The number of nitrogen functional groups attached to an aromatic ring is 1. The lowest BCUT2D eigenvalue weighted by Gasteiger charge is -2.29. The Morgan fingerprint density at radius 3 is 2.90 bits per heavy atom. The number of para-hydroxylation sites is 1. The van der Waals surface area contributed by atoms with E-state index in [4.69, 9.17) is 11.1 Å². The van der Waals surface area contributed by atoms with Gasteiger partial charge in [-0.2, -0.15) is 0 Å². The number of nitrogens with two attached hydrogens (primary N) is 1. The van der Waals surface area contributed by atoms with Gasteiger partial charge in [-0.25, -0.2) is 9.97 Å². The van der Waals surface area contributed by atoms with Crippen molar-refractivity contribution in [2.75, 3.05) is 11.4 Å². The van der Waals surface area contributed by atoms with Crippen molar-refractivity contribution in [3.63, 3.8) is 0 Å². The Bertz CT molecular complexity index is 665. The molecule has 1 aromatic carbocycles. The molecule has 3 N–H and O–H groups in total. The van der Waals surface area contributed by atoms with Crippen LogP contribution in [-0.2, 0) is 6.42 Å². The summed E-state index contributed by atoms with van der Waals surface area (Å²) in [5, 5.41) is 7.56. The Balaban J connectivity index is 2.08. The molecule has 1 aliphatic rings. The molecule has 2 aromatic rings. The lowest BCUT2D eigenvalue weighted by Crippen LogP contribution is -2.27. The van der Waals surface area contributed by atoms with Crippen LogP contribution in [0.5, 0.6) is 0 Å². The number of aromatic nitrogens is 2. The van der Waals surface area contributed by atoms with Crippen LogP contribution in [0.15, 0.2) is 30.3 Å². The molecule has 0 atom stereocenters. The molecule has 5 heteroatoms. The second-order valence-corrected chi connectivity index (χ2v) is 4.99. The number of hydrogen-bond donors (Lipinski definition) is 2. The van der Waals surface area contributed by atoms with Gasteiger partial charge in [-0.3, -0.25) is 5.41 Å². The predicted molar refractivity (Wildman–Crippen MR) is 79.6 cm³/mol. The highest BCUT2D eigenvalue weighted by atomic mass is 15.3. The number of nitrogens with one attached hydrogen (secondary N) is 1. The maximum Gasteiger partial charge on any atom is 0.230 e. The third-order valence-corrected chi connectivity index (χ3v) is 3.47. The summed E-state index contributed by atoms with van der Waals surface area (Å²) in [6, 6.07) is 10.1. The van der Waals surface area contributed by atoms with E-state index in [2.05, 4.69) is 33.1 Å². The standard InChI is InChI=1S/C15H17N5/c1-10-9-12(14(16)17)19-15(18-10)20-8-4-6-11-5-2-3-7-13(11)20/h2-3,5,7,9H,4,6,8H2,1H3,(H3,16,17). The van der Waals surface area contributed by atoms with E-state index in [1.807, 2.05) is 13.0 Å². The Morgan fingerprint density at radius 1 is 1.30 bits per heavy atom. The van der Waals surface area contributed by atoms with Crippen molar-refractivity contribution in [2.24, 2.45) is 5.73 Å². The highest BCUT2D eigenvalue weighted by molar-refractivity contribution is 5.93. The normalized spacial score (nSPS) is 13.9. The van der Waals surface area contributed by atoms with Crippen LogP contribution in [-0.4, -0.2) is 22.3 Å². The summed E-state index contributed by atoms with van der Waals surface area (Å²) in [6.45, 7) is 2.78. The number of amidine groups is 1.